The van der Waals surface area contributed by atoms with Crippen molar-refractivity contribution in [2.75, 3.05) is 17.6 Å². The van der Waals surface area contributed by atoms with Gasteiger partial charge in [-0.15, -0.1) is 0 Å². The van der Waals surface area contributed by atoms with Gasteiger partial charge in [0.2, 0.25) is 15.9 Å². The predicted molar refractivity (Wildman–Crippen MR) is 122 cm³/mol. The van der Waals surface area contributed by atoms with Crippen molar-refractivity contribution in [1.29, 1.82) is 0 Å². The lowest BCUT2D eigenvalue weighted by molar-refractivity contribution is 0.454. The minimum Gasteiger partial charge on any atom is -0.493 e. The fourth-order valence-electron chi connectivity index (χ4n) is 3.40. The molecule has 1 saturated carbocycles. The normalized spacial score (nSPS) is 15.5. The molecule has 0 saturated heterocycles. The number of imidazole rings is 1. The molecule has 11 nitrogen and oxygen atoms in total. The molecule has 0 bridgehead atoms. The second-order valence-corrected chi connectivity index (χ2v) is 9.98. The molecule has 0 aliphatic heterocycles. The highest BCUT2D eigenvalue weighted by atomic mass is 32.2. The molecule has 1 fully saturated rings. The number of aromatic nitrogens is 5. The highest BCUT2D eigenvalue weighted by Crippen LogP contribution is 2.25. The monoisotopic (exact) mass is 467 g/mol. The van der Waals surface area contributed by atoms with E-state index >= 15 is 0 Å². The Kier molecular flexibility index (Phi) is 4.81. The summed E-state index contributed by atoms with van der Waals surface area (Å²) in [7, 11) is -1.93. The molecular formula is C21H21N7O4S. The van der Waals surface area contributed by atoms with E-state index in [4.69, 9.17) is 9.98 Å². The number of sulfonamides is 1. The molecule has 0 radical (unpaired) electrons. The number of nitrogens with one attached hydrogen (secondary N) is 2. The molecule has 0 amide bonds. The first-order valence-electron chi connectivity index (χ1n) is 10.2. The van der Waals surface area contributed by atoms with Crippen molar-refractivity contribution in [2.24, 2.45) is 4.99 Å². The van der Waals surface area contributed by atoms with Gasteiger partial charge in [-0.3, -0.25) is 14.3 Å². The summed E-state index contributed by atoms with van der Waals surface area (Å²) in [6.45, 7) is 0. The van der Waals surface area contributed by atoms with Gasteiger partial charge in [0.1, 0.15) is 5.69 Å². The van der Waals surface area contributed by atoms with E-state index in [1.54, 1.807) is 35.0 Å². The van der Waals surface area contributed by atoms with Crippen LogP contribution in [0.4, 0.5) is 5.69 Å². The van der Waals surface area contributed by atoms with E-state index in [1.807, 2.05) is 12.1 Å². The van der Waals surface area contributed by atoms with Crippen LogP contribution in [-0.2, 0) is 10.0 Å². The summed E-state index contributed by atoms with van der Waals surface area (Å²) in [5.41, 5.74) is 2.59. The quantitative estimate of drug-likeness (QED) is 0.380. The van der Waals surface area contributed by atoms with Crippen molar-refractivity contribution in [3.05, 3.63) is 63.4 Å². The van der Waals surface area contributed by atoms with E-state index in [-0.39, 0.29) is 17.6 Å². The summed E-state index contributed by atoms with van der Waals surface area (Å²) < 4.78 is 26.8. The SMILES string of the molecule is CN(c1cccc(-c2cc(=NC3CC3)n3nc/c(=C/c4[nH]c(=O)[nH]c4O)c3n2)c1)S(C)(=O)=O. The van der Waals surface area contributed by atoms with Gasteiger partial charge in [-0.25, -0.2) is 18.2 Å². The molecule has 12 heteroatoms. The average Bonchev–Trinajstić information content (AvgIpc) is 3.40. The minimum atomic E-state index is -3.42. The Hall–Kier alpha value is -3.93. The number of aromatic hydroxyl groups is 1. The van der Waals surface area contributed by atoms with Crippen molar-refractivity contribution in [2.45, 2.75) is 18.9 Å². The van der Waals surface area contributed by atoms with Crippen LogP contribution in [0.25, 0.3) is 23.0 Å². The van der Waals surface area contributed by atoms with Gasteiger partial charge in [0.15, 0.2) is 11.1 Å². The molecule has 3 N–H and O–H groups in total. The second kappa shape index (κ2) is 7.59. The second-order valence-electron chi connectivity index (χ2n) is 7.96. The van der Waals surface area contributed by atoms with E-state index in [9.17, 15) is 18.3 Å². The molecule has 5 rings (SSSR count). The van der Waals surface area contributed by atoms with E-state index in [0.29, 0.717) is 33.3 Å². The maximum absolute atomic E-state index is 12.0. The van der Waals surface area contributed by atoms with Crippen LogP contribution in [0.2, 0.25) is 0 Å². The Labute approximate surface area is 187 Å². The molecule has 170 valence electrons. The third kappa shape index (κ3) is 4.12. The van der Waals surface area contributed by atoms with Crippen LogP contribution in [0, 0.1) is 0 Å². The van der Waals surface area contributed by atoms with Crippen molar-refractivity contribution < 1.29 is 13.5 Å². The van der Waals surface area contributed by atoms with Crippen LogP contribution in [0.3, 0.4) is 0 Å². The maximum Gasteiger partial charge on any atom is 0.326 e. The molecule has 3 heterocycles. The zero-order chi connectivity index (χ0) is 23.3. The summed E-state index contributed by atoms with van der Waals surface area (Å²) in [6, 6.07) is 9.11. The number of aromatic amines is 2. The van der Waals surface area contributed by atoms with Crippen LogP contribution < -0.4 is 20.7 Å². The van der Waals surface area contributed by atoms with Gasteiger partial charge in [0.25, 0.3) is 0 Å². The molecule has 0 unspecified atom stereocenters. The maximum atomic E-state index is 12.0. The molecule has 1 aromatic carbocycles. The van der Waals surface area contributed by atoms with Crippen LogP contribution in [-0.4, -0.2) is 57.4 Å². The van der Waals surface area contributed by atoms with Crippen LogP contribution in [0.15, 0.2) is 46.3 Å². The Balaban J connectivity index is 1.73. The Morgan fingerprint density at radius 3 is 2.73 bits per heavy atom. The summed E-state index contributed by atoms with van der Waals surface area (Å²) in [6.07, 6.45) is 6.31. The van der Waals surface area contributed by atoms with E-state index in [1.165, 1.54) is 11.4 Å². The fourth-order valence-corrected chi connectivity index (χ4v) is 3.89. The highest BCUT2D eigenvalue weighted by molar-refractivity contribution is 7.92. The van der Waals surface area contributed by atoms with Gasteiger partial charge in [-0.05, 0) is 31.1 Å². The van der Waals surface area contributed by atoms with Crippen LogP contribution >= 0.6 is 0 Å². The number of anilines is 1. The fraction of sp³-hybridized carbons (Fsp3) is 0.238. The van der Waals surface area contributed by atoms with E-state index < -0.39 is 15.7 Å². The largest absolute Gasteiger partial charge is 0.493 e. The van der Waals surface area contributed by atoms with Crippen molar-refractivity contribution in [3.8, 4) is 17.1 Å². The Morgan fingerprint density at radius 2 is 2.06 bits per heavy atom. The van der Waals surface area contributed by atoms with Gasteiger partial charge in [-0.1, -0.05) is 12.1 Å². The first kappa shape index (κ1) is 20.9. The zero-order valence-electron chi connectivity index (χ0n) is 17.8. The lowest BCUT2D eigenvalue weighted by Crippen LogP contribution is -2.24. The Bertz CT molecular complexity index is 1660. The van der Waals surface area contributed by atoms with Gasteiger partial charge in [-0.2, -0.15) is 9.61 Å². The Morgan fingerprint density at radius 1 is 1.27 bits per heavy atom. The third-order valence-electron chi connectivity index (χ3n) is 5.38. The molecule has 3 aromatic heterocycles. The number of fused-ring (bicyclic) bond motifs is 1. The highest BCUT2D eigenvalue weighted by Gasteiger charge is 2.20. The number of H-pyrrole nitrogens is 2. The van der Waals surface area contributed by atoms with Gasteiger partial charge >= 0.3 is 5.69 Å². The molecule has 33 heavy (non-hydrogen) atoms. The smallest absolute Gasteiger partial charge is 0.326 e. The van der Waals surface area contributed by atoms with Gasteiger partial charge in [0.05, 0.1) is 29.9 Å². The first-order valence-corrected chi connectivity index (χ1v) is 12.0. The molecular weight excluding hydrogens is 446 g/mol. The number of hydrogen-bond acceptors (Lipinski definition) is 7. The molecule has 4 aromatic rings. The van der Waals surface area contributed by atoms with Gasteiger partial charge < -0.3 is 10.1 Å². The van der Waals surface area contributed by atoms with Crippen molar-refractivity contribution >= 4 is 27.4 Å². The molecule has 1 aliphatic carbocycles. The lowest BCUT2D eigenvalue weighted by atomic mass is 10.1. The summed E-state index contributed by atoms with van der Waals surface area (Å²) in [4.78, 5) is 25.8. The standard InChI is InChI=1S/C21H21N7O4S/c1-27(33(2,31)32)15-5-3-4-12(8-15)16-10-18(23-14-6-7-14)28-19(24-16)13(11-22-28)9-17-20(29)26-21(30)25-17/h3-5,8-11,14,29H,6-7H2,1-2H3,(H2,25,26,30)/b13-9-,23-18?. The zero-order valence-corrected chi connectivity index (χ0v) is 18.7. The summed E-state index contributed by atoms with van der Waals surface area (Å²) >= 11 is 0. The van der Waals surface area contributed by atoms with Crippen LogP contribution in [0.5, 0.6) is 5.88 Å². The lowest BCUT2D eigenvalue weighted by Gasteiger charge is -2.17. The molecule has 0 spiro atoms. The van der Waals surface area contributed by atoms with E-state index in [0.717, 1.165) is 19.1 Å². The van der Waals surface area contributed by atoms with Gasteiger partial charge in [0, 0.05) is 23.9 Å². The summed E-state index contributed by atoms with van der Waals surface area (Å²) in [5, 5.41) is 14.9. The average molecular weight is 468 g/mol. The van der Waals surface area contributed by atoms with E-state index in [2.05, 4.69) is 15.1 Å². The van der Waals surface area contributed by atoms with Crippen molar-refractivity contribution in [1.82, 2.24) is 24.6 Å². The van der Waals surface area contributed by atoms with Crippen LogP contribution in [0.1, 0.15) is 18.5 Å². The summed E-state index contributed by atoms with van der Waals surface area (Å²) in [5.74, 6) is -0.282. The molecule has 1 aliphatic rings. The number of nitrogens with zero attached hydrogens (tertiary/aromatic N) is 5. The molecule has 0 atom stereocenters. The first-order chi connectivity index (χ1) is 15.7. The topological polar surface area (TPSA) is 149 Å². The van der Waals surface area contributed by atoms with Crippen molar-refractivity contribution in [3.63, 3.8) is 0 Å². The predicted octanol–water partition coefficient (Wildman–Crippen LogP) is 0.125. The number of hydrogen-bond donors (Lipinski definition) is 3. The number of benzene rings is 1. The number of rotatable bonds is 5. The minimum absolute atomic E-state index is 0.208. The third-order valence-corrected chi connectivity index (χ3v) is 6.59.